The molecule has 0 saturated carbocycles. The molecule has 0 aliphatic heterocycles. The number of hydrogen-bond donors (Lipinski definition) is 1. The molecule has 0 bridgehead atoms. The number of nitrogens with zero attached hydrogens (tertiary/aromatic N) is 2. The van der Waals surface area contributed by atoms with Crippen LogP contribution in [0.5, 0.6) is 0 Å². The highest BCUT2D eigenvalue weighted by Gasteiger charge is 2.12. The van der Waals surface area contributed by atoms with E-state index in [-0.39, 0.29) is 10.6 Å². The zero-order chi connectivity index (χ0) is 13.7. The van der Waals surface area contributed by atoms with Crippen LogP contribution >= 0.6 is 11.8 Å². The molecular weight excluding hydrogens is 262 g/mol. The lowest BCUT2D eigenvalue weighted by Crippen LogP contribution is -1.95. The summed E-state index contributed by atoms with van der Waals surface area (Å²) in [4.78, 5) is 15.6. The van der Waals surface area contributed by atoms with E-state index >= 15 is 0 Å². The fourth-order valence-electron chi connectivity index (χ4n) is 1.58. The maximum absolute atomic E-state index is 10.9. The van der Waals surface area contributed by atoms with Crippen molar-refractivity contribution in [3.8, 4) is 0 Å². The third-order valence-corrected chi connectivity index (χ3v) is 3.60. The van der Waals surface area contributed by atoms with Gasteiger partial charge in [0, 0.05) is 18.9 Å². The molecule has 5 nitrogen and oxygen atoms in total. The molecule has 1 N–H and O–H groups in total. The van der Waals surface area contributed by atoms with Gasteiger partial charge in [-0.2, -0.15) is 0 Å². The van der Waals surface area contributed by atoms with Gasteiger partial charge in [-0.05, 0) is 18.2 Å². The zero-order valence-corrected chi connectivity index (χ0v) is 11.2. The molecule has 0 atom stereocenters. The second kappa shape index (κ2) is 6.19. The standard InChI is InChI=1S/C13H13N3O2S/c1-14-13-8-4-5-10(15-13)9-19-12-7-3-2-6-11(12)16(17)18/h2-8H,9H2,1H3,(H,14,15). The number of benzene rings is 1. The number of para-hydroxylation sites is 1. The van der Waals surface area contributed by atoms with Gasteiger partial charge in [-0.1, -0.05) is 18.2 Å². The fourth-order valence-corrected chi connectivity index (χ4v) is 2.51. The van der Waals surface area contributed by atoms with Crippen LogP contribution in [0.1, 0.15) is 5.69 Å². The van der Waals surface area contributed by atoms with Gasteiger partial charge in [0.05, 0.1) is 15.5 Å². The van der Waals surface area contributed by atoms with Gasteiger partial charge in [-0.15, -0.1) is 11.8 Å². The highest BCUT2D eigenvalue weighted by molar-refractivity contribution is 7.98. The van der Waals surface area contributed by atoms with E-state index in [9.17, 15) is 10.1 Å². The van der Waals surface area contributed by atoms with Crippen molar-refractivity contribution in [1.29, 1.82) is 0 Å². The molecule has 2 aromatic rings. The molecule has 98 valence electrons. The number of pyridine rings is 1. The van der Waals surface area contributed by atoms with Gasteiger partial charge in [0.2, 0.25) is 0 Å². The van der Waals surface area contributed by atoms with E-state index in [2.05, 4.69) is 10.3 Å². The molecule has 19 heavy (non-hydrogen) atoms. The summed E-state index contributed by atoms with van der Waals surface area (Å²) < 4.78 is 0. The quantitative estimate of drug-likeness (QED) is 0.515. The Balaban J connectivity index is 2.12. The van der Waals surface area contributed by atoms with Crippen molar-refractivity contribution in [1.82, 2.24) is 4.98 Å². The lowest BCUT2D eigenvalue weighted by Gasteiger charge is -2.04. The van der Waals surface area contributed by atoms with Crippen molar-refractivity contribution in [2.75, 3.05) is 12.4 Å². The number of nitro groups is 1. The Hall–Kier alpha value is -2.08. The van der Waals surface area contributed by atoms with Gasteiger partial charge in [0.25, 0.3) is 5.69 Å². The molecule has 1 heterocycles. The summed E-state index contributed by atoms with van der Waals surface area (Å²) in [6, 6.07) is 12.4. The van der Waals surface area contributed by atoms with E-state index in [1.165, 1.54) is 17.8 Å². The number of anilines is 1. The van der Waals surface area contributed by atoms with Crippen molar-refractivity contribution < 1.29 is 4.92 Å². The molecule has 6 heteroatoms. The Kier molecular flexibility index (Phi) is 4.35. The van der Waals surface area contributed by atoms with Gasteiger partial charge >= 0.3 is 0 Å². The van der Waals surface area contributed by atoms with Crippen molar-refractivity contribution in [2.24, 2.45) is 0 Å². The van der Waals surface area contributed by atoms with Crippen LogP contribution in [-0.2, 0) is 5.75 Å². The Labute approximate surface area is 115 Å². The summed E-state index contributed by atoms with van der Waals surface area (Å²) in [7, 11) is 1.81. The fraction of sp³-hybridized carbons (Fsp3) is 0.154. The Morgan fingerprint density at radius 2 is 2.05 bits per heavy atom. The summed E-state index contributed by atoms with van der Waals surface area (Å²) in [6.45, 7) is 0. The van der Waals surface area contributed by atoms with Gasteiger partial charge in [0.1, 0.15) is 5.82 Å². The first-order valence-electron chi connectivity index (χ1n) is 5.70. The highest BCUT2D eigenvalue weighted by atomic mass is 32.2. The predicted molar refractivity (Wildman–Crippen MR) is 76.4 cm³/mol. The van der Waals surface area contributed by atoms with Crippen molar-refractivity contribution in [2.45, 2.75) is 10.6 Å². The van der Waals surface area contributed by atoms with Crippen LogP contribution in [-0.4, -0.2) is 17.0 Å². The summed E-state index contributed by atoms with van der Waals surface area (Å²) in [5.41, 5.74) is 1.02. The van der Waals surface area contributed by atoms with Crippen LogP contribution in [0.2, 0.25) is 0 Å². The molecule has 0 aliphatic carbocycles. The van der Waals surface area contributed by atoms with E-state index in [1.54, 1.807) is 25.2 Å². The molecule has 0 radical (unpaired) electrons. The highest BCUT2D eigenvalue weighted by Crippen LogP contribution is 2.30. The SMILES string of the molecule is CNc1cccc(CSc2ccccc2[N+](=O)[O-])n1. The average Bonchev–Trinajstić information content (AvgIpc) is 2.45. The van der Waals surface area contributed by atoms with Gasteiger partial charge < -0.3 is 5.32 Å². The first-order valence-corrected chi connectivity index (χ1v) is 6.69. The summed E-state index contributed by atoms with van der Waals surface area (Å²) in [5.74, 6) is 1.39. The summed E-state index contributed by atoms with van der Waals surface area (Å²) >= 11 is 1.42. The molecule has 0 saturated heterocycles. The molecule has 2 rings (SSSR count). The van der Waals surface area contributed by atoms with E-state index in [0.29, 0.717) is 10.6 Å². The molecule has 1 aromatic carbocycles. The minimum absolute atomic E-state index is 0.136. The maximum Gasteiger partial charge on any atom is 0.282 e. The van der Waals surface area contributed by atoms with Crippen LogP contribution in [0.25, 0.3) is 0 Å². The van der Waals surface area contributed by atoms with Crippen molar-refractivity contribution in [3.63, 3.8) is 0 Å². The Morgan fingerprint density at radius 3 is 2.79 bits per heavy atom. The normalized spacial score (nSPS) is 10.2. The van der Waals surface area contributed by atoms with Crippen LogP contribution in [0.15, 0.2) is 47.4 Å². The zero-order valence-electron chi connectivity index (χ0n) is 10.4. The van der Waals surface area contributed by atoms with Crippen LogP contribution in [0.4, 0.5) is 11.5 Å². The molecule has 0 spiro atoms. The predicted octanol–water partition coefficient (Wildman–Crippen LogP) is 3.32. The molecular formula is C13H13N3O2S. The lowest BCUT2D eigenvalue weighted by molar-refractivity contribution is -0.387. The van der Waals surface area contributed by atoms with Crippen LogP contribution in [0, 0.1) is 10.1 Å². The summed E-state index contributed by atoms with van der Waals surface area (Å²) in [5, 5.41) is 13.9. The first-order chi connectivity index (χ1) is 9.20. The van der Waals surface area contributed by atoms with E-state index in [4.69, 9.17) is 0 Å². The first kappa shape index (κ1) is 13.4. The number of nitro benzene ring substituents is 1. The summed E-state index contributed by atoms with van der Waals surface area (Å²) in [6.07, 6.45) is 0. The van der Waals surface area contributed by atoms with Crippen LogP contribution < -0.4 is 5.32 Å². The third kappa shape index (κ3) is 3.45. The maximum atomic E-state index is 10.9. The van der Waals surface area contributed by atoms with Gasteiger partial charge in [0.15, 0.2) is 0 Å². The van der Waals surface area contributed by atoms with Gasteiger partial charge in [-0.25, -0.2) is 4.98 Å². The second-order valence-electron chi connectivity index (χ2n) is 3.78. The number of rotatable bonds is 5. The number of nitrogens with one attached hydrogen (secondary N) is 1. The lowest BCUT2D eigenvalue weighted by atomic mass is 10.3. The second-order valence-corrected chi connectivity index (χ2v) is 4.79. The Morgan fingerprint density at radius 1 is 1.26 bits per heavy atom. The van der Waals surface area contributed by atoms with E-state index in [0.717, 1.165) is 11.5 Å². The monoisotopic (exact) mass is 275 g/mol. The largest absolute Gasteiger partial charge is 0.373 e. The van der Waals surface area contributed by atoms with E-state index < -0.39 is 0 Å². The molecule has 1 aromatic heterocycles. The van der Waals surface area contributed by atoms with Crippen molar-refractivity contribution >= 4 is 23.3 Å². The number of aromatic nitrogens is 1. The Bertz CT molecular complexity index is 590. The minimum atomic E-state index is -0.361. The molecule has 0 fully saturated rings. The minimum Gasteiger partial charge on any atom is -0.373 e. The number of hydrogen-bond acceptors (Lipinski definition) is 5. The van der Waals surface area contributed by atoms with Crippen molar-refractivity contribution in [3.05, 3.63) is 58.3 Å². The van der Waals surface area contributed by atoms with Gasteiger partial charge in [-0.3, -0.25) is 10.1 Å². The smallest absolute Gasteiger partial charge is 0.282 e. The molecule has 0 amide bonds. The van der Waals surface area contributed by atoms with Crippen LogP contribution in [0.3, 0.4) is 0 Å². The third-order valence-electron chi connectivity index (χ3n) is 2.50. The number of thioether (sulfide) groups is 1. The molecule has 0 aliphatic rings. The molecule has 0 unspecified atom stereocenters. The average molecular weight is 275 g/mol. The van der Waals surface area contributed by atoms with E-state index in [1.807, 2.05) is 18.2 Å². The topological polar surface area (TPSA) is 68.1 Å².